The molecular formula is C9H17NO3S. The molecule has 0 aromatic heterocycles. The lowest BCUT2D eigenvalue weighted by atomic mass is 10.0. The van der Waals surface area contributed by atoms with Crippen molar-refractivity contribution in [3.05, 3.63) is 0 Å². The fraction of sp³-hybridized carbons (Fsp3) is 0.778. The molecule has 82 valence electrons. The van der Waals surface area contributed by atoms with Crippen molar-refractivity contribution in [2.75, 3.05) is 18.6 Å². The van der Waals surface area contributed by atoms with Crippen LogP contribution < -0.4 is 0 Å². The van der Waals surface area contributed by atoms with Crippen LogP contribution in [0.5, 0.6) is 0 Å². The molecule has 0 spiro atoms. The van der Waals surface area contributed by atoms with Crippen molar-refractivity contribution < 1.29 is 14.7 Å². The van der Waals surface area contributed by atoms with Crippen molar-refractivity contribution >= 4 is 23.6 Å². The first kappa shape index (κ1) is 13.3. The molecule has 1 amide bonds. The summed E-state index contributed by atoms with van der Waals surface area (Å²) in [7, 11) is 0. The lowest BCUT2D eigenvalue weighted by Crippen LogP contribution is -2.53. The highest BCUT2D eigenvalue weighted by molar-refractivity contribution is 7.99. The highest BCUT2D eigenvalue weighted by atomic mass is 32.2. The number of carboxylic acids is 1. The molecule has 0 aromatic rings. The minimum Gasteiger partial charge on any atom is -0.480 e. The monoisotopic (exact) mass is 219 g/mol. The Morgan fingerprint density at radius 3 is 2.21 bits per heavy atom. The Hall–Kier alpha value is -0.710. The summed E-state index contributed by atoms with van der Waals surface area (Å²) in [5, 5.41) is 8.96. The van der Waals surface area contributed by atoms with Gasteiger partial charge in [0.05, 0.1) is 5.75 Å². The number of carbonyl (C=O) groups excluding carboxylic acids is 1. The van der Waals surface area contributed by atoms with Gasteiger partial charge in [0.15, 0.2) is 0 Å². The van der Waals surface area contributed by atoms with Crippen molar-refractivity contribution in [1.82, 2.24) is 4.90 Å². The van der Waals surface area contributed by atoms with Gasteiger partial charge in [0.1, 0.15) is 5.54 Å². The zero-order chi connectivity index (χ0) is 11.4. The first-order valence-electron chi connectivity index (χ1n) is 4.40. The van der Waals surface area contributed by atoms with E-state index in [0.717, 1.165) is 0 Å². The number of aliphatic carboxylic acids is 1. The van der Waals surface area contributed by atoms with Crippen molar-refractivity contribution in [3.8, 4) is 0 Å². The van der Waals surface area contributed by atoms with Gasteiger partial charge in [-0.2, -0.15) is 11.8 Å². The Bertz CT molecular complexity index is 228. The van der Waals surface area contributed by atoms with E-state index in [9.17, 15) is 9.59 Å². The van der Waals surface area contributed by atoms with Crippen LogP contribution in [0.3, 0.4) is 0 Å². The number of carboxylic acid groups (broad SMARTS) is 1. The van der Waals surface area contributed by atoms with Gasteiger partial charge < -0.3 is 10.0 Å². The van der Waals surface area contributed by atoms with Gasteiger partial charge in [0.25, 0.3) is 0 Å². The van der Waals surface area contributed by atoms with Gasteiger partial charge in [0, 0.05) is 6.54 Å². The molecule has 0 radical (unpaired) electrons. The second-order valence-electron chi connectivity index (χ2n) is 3.44. The lowest BCUT2D eigenvalue weighted by Gasteiger charge is -2.34. The number of hydrogen-bond donors (Lipinski definition) is 1. The van der Waals surface area contributed by atoms with Gasteiger partial charge in [0.2, 0.25) is 5.91 Å². The molecule has 0 fully saturated rings. The van der Waals surface area contributed by atoms with Gasteiger partial charge >= 0.3 is 5.97 Å². The van der Waals surface area contributed by atoms with Crippen LogP contribution in [-0.4, -0.2) is 46.0 Å². The second-order valence-corrected chi connectivity index (χ2v) is 4.30. The molecule has 0 saturated heterocycles. The van der Waals surface area contributed by atoms with Crippen LogP contribution in [0.4, 0.5) is 0 Å². The standard InChI is InChI=1S/C9H17NO3S/c1-5-10(7(11)6-14-4)9(2,3)8(12)13/h5-6H2,1-4H3,(H,12,13). The summed E-state index contributed by atoms with van der Waals surface area (Å²) >= 11 is 1.40. The van der Waals surface area contributed by atoms with Crippen LogP contribution in [-0.2, 0) is 9.59 Å². The molecule has 0 aliphatic heterocycles. The average molecular weight is 219 g/mol. The van der Waals surface area contributed by atoms with E-state index < -0.39 is 11.5 Å². The zero-order valence-corrected chi connectivity index (χ0v) is 9.85. The molecule has 0 aromatic carbocycles. The number of amides is 1. The van der Waals surface area contributed by atoms with E-state index in [2.05, 4.69) is 0 Å². The smallest absolute Gasteiger partial charge is 0.329 e. The second kappa shape index (κ2) is 5.24. The highest BCUT2D eigenvalue weighted by Crippen LogP contribution is 2.15. The van der Waals surface area contributed by atoms with E-state index >= 15 is 0 Å². The number of carbonyl (C=O) groups is 2. The molecule has 0 rings (SSSR count). The Kier molecular flexibility index (Phi) is 4.97. The Balaban J connectivity index is 4.71. The van der Waals surface area contributed by atoms with E-state index in [1.807, 2.05) is 6.26 Å². The van der Waals surface area contributed by atoms with Crippen LogP contribution in [0.15, 0.2) is 0 Å². The topological polar surface area (TPSA) is 57.6 Å². The van der Waals surface area contributed by atoms with Crippen molar-refractivity contribution in [1.29, 1.82) is 0 Å². The fourth-order valence-electron chi connectivity index (χ4n) is 1.20. The fourth-order valence-corrected chi connectivity index (χ4v) is 1.60. The Morgan fingerprint density at radius 2 is 1.93 bits per heavy atom. The third kappa shape index (κ3) is 2.90. The molecule has 0 atom stereocenters. The third-order valence-corrected chi connectivity index (χ3v) is 2.62. The number of rotatable bonds is 5. The highest BCUT2D eigenvalue weighted by Gasteiger charge is 2.36. The lowest BCUT2D eigenvalue weighted by molar-refractivity contribution is -0.155. The average Bonchev–Trinajstić information content (AvgIpc) is 2.04. The normalized spacial score (nSPS) is 11.1. The summed E-state index contributed by atoms with van der Waals surface area (Å²) in [4.78, 5) is 23.9. The molecule has 0 aliphatic carbocycles. The quantitative estimate of drug-likeness (QED) is 0.751. The summed E-state index contributed by atoms with van der Waals surface area (Å²) in [5.41, 5.74) is -1.12. The number of hydrogen-bond acceptors (Lipinski definition) is 3. The summed E-state index contributed by atoms with van der Waals surface area (Å²) in [6.07, 6.45) is 1.82. The number of nitrogens with zero attached hydrogens (tertiary/aromatic N) is 1. The van der Waals surface area contributed by atoms with Crippen LogP contribution in [0.25, 0.3) is 0 Å². The molecule has 0 unspecified atom stereocenters. The number of likely N-dealkylation sites (N-methyl/N-ethyl adjacent to an activating group) is 1. The SMILES string of the molecule is CCN(C(=O)CSC)C(C)(C)C(=O)O. The summed E-state index contributed by atoms with van der Waals surface area (Å²) in [5.74, 6) is -0.786. The molecule has 4 nitrogen and oxygen atoms in total. The van der Waals surface area contributed by atoms with Gasteiger partial charge in [-0.15, -0.1) is 0 Å². The van der Waals surface area contributed by atoms with Gasteiger partial charge in [-0.1, -0.05) is 0 Å². The molecule has 0 aliphatic rings. The predicted octanol–water partition coefficient (Wildman–Crippen LogP) is 1.06. The van der Waals surface area contributed by atoms with Crippen LogP contribution >= 0.6 is 11.8 Å². The predicted molar refractivity (Wildman–Crippen MR) is 57.5 cm³/mol. The summed E-state index contributed by atoms with van der Waals surface area (Å²) < 4.78 is 0. The van der Waals surface area contributed by atoms with Crippen LogP contribution in [0, 0.1) is 0 Å². The third-order valence-electron chi connectivity index (χ3n) is 2.08. The van der Waals surface area contributed by atoms with E-state index in [1.54, 1.807) is 6.92 Å². The minimum absolute atomic E-state index is 0.132. The van der Waals surface area contributed by atoms with Gasteiger partial charge in [-0.05, 0) is 27.0 Å². The van der Waals surface area contributed by atoms with Crippen LogP contribution in [0.1, 0.15) is 20.8 Å². The largest absolute Gasteiger partial charge is 0.480 e. The zero-order valence-electron chi connectivity index (χ0n) is 9.03. The molecule has 0 saturated carbocycles. The molecule has 0 bridgehead atoms. The van der Waals surface area contributed by atoms with Crippen molar-refractivity contribution in [3.63, 3.8) is 0 Å². The van der Waals surface area contributed by atoms with E-state index in [0.29, 0.717) is 12.3 Å². The van der Waals surface area contributed by atoms with E-state index in [1.165, 1.54) is 30.5 Å². The summed E-state index contributed by atoms with van der Waals surface area (Å²) in [6.45, 7) is 5.27. The van der Waals surface area contributed by atoms with E-state index in [-0.39, 0.29) is 5.91 Å². The Labute approximate surface area is 88.7 Å². The molecule has 1 N–H and O–H groups in total. The Morgan fingerprint density at radius 1 is 1.43 bits per heavy atom. The molecule has 5 heteroatoms. The maximum atomic E-state index is 11.6. The van der Waals surface area contributed by atoms with Crippen molar-refractivity contribution in [2.24, 2.45) is 0 Å². The minimum atomic E-state index is -1.12. The summed E-state index contributed by atoms with van der Waals surface area (Å²) in [6, 6.07) is 0. The first-order chi connectivity index (χ1) is 6.37. The molecule has 14 heavy (non-hydrogen) atoms. The molecular weight excluding hydrogens is 202 g/mol. The maximum absolute atomic E-state index is 11.6. The molecule has 0 heterocycles. The van der Waals surface area contributed by atoms with E-state index in [4.69, 9.17) is 5.11 Å². The maximum Gasteiger partial charge on any atom is 0.329 e. The van der Waals surface area contributed by atoms with Gasteiger partial charge in [-0.3, -0.25) is 4.79 Å². The van der Waals surface area contributed by atoms with Crippen LogP contribution in [0.2, 0.25) is 0 Å². The van der Waals surface area contributed by atoms with Gasteiger partial charge in [-0.25, -0.2) is 4.79 Å². The number of thioether (sulfide) groups is 1. The van der Waals surface area contributed by atoms with Crippen molar-refractivity contribution in [2.45, 2.75) is 26.3 Å². The first-order valence-corrected chi connectivity index (χ1v) is 5.80.